The van der Waals surface area contributed by atoms with E-state index in [1.54, 1.807) is 6.08 Å². The molecule has 25 heavy (non-hydrogen) atoms. The fraction of sp³-hybridized carbons (Fsp3) is 0.167. The quantitative estimate of drug-likeness (QED) is 0.564. The van der Waals surface area contributed by atoms with Gasteiger partial charge < -0.3 is 9.15 Å². The van der Waals surface area contributed by atoms with Crippen LogP contribution in [0.5, 0.6) is 5.75 Å². The molecule has 0 unspecified atom stereocenters. The lowest BCUT2D eigenvalue weighted by atomic mass is 10.2. The van der Waals surface area contributed by atoms with Gasteiger partial charge in [-0.3, -0.25) is 4.79 Å². The maximum Gasteiger partial charge on any atom is 0.291 e. The first-order valence-electron chi connectivity index (χ1n) is 7.85. The van der Waals surface area contributed by atoms with Crippen molar-refractivity contribution in [2.75, 3.05) is 6.61 Å². The largest absolute Gasteiger partial charge is 0.494 e. The monoisotopic (exact) mass is 353 g/mol. The van der Waals surface area contributed by atoms with E-state index in [2.05, 4.69) is 10.1 Å². The summed E-state index contributed by atoms with van der Waals surface area (Å²) >= 11 is 1.29. The van der Waals surface area contributed by atoms with E-state index in [0.717, 1.165) is 17.1 Å². The molecule has 6 nitrogen and oxygen atoms in total. The molecular formula is C18H15N3O3S. The molecule has 0 aliphatic heterocycles. The normalized spacial score (nSPS) is 12.2. The van der Waals surface area contributed by atoms with Gasteiger partial charge in [-0.05, 0) is 50.2 Å². The Bertz CT molecular complexity index is 1140. The van der Waals surface area contributed by atoms with Gasteiger partial charge in [-0.15, -0.1) is 5.10 Å². The predicted molar refractivity (Wildman–Crippen MR) is 96.0 cm³/mol. The second-order valence-corrected chi connectivity index (χ2v) is 6.46. The Hall–Kier alpha value is -2.93. The number of thiazole rings is 1. The third kappa shape index (κ3) is 2.94. The average molecular weight is 353 g/mol. The summed E-state index contributed by atoms with van der Waals surface area (Å²) < 4.78 is 12.8. The summed E-state index contributed by atoms with van der Waals surface area (Å²) in [6.07, 6.45) is 1.72. The fourth-order valence-corrected chi connectivity index (χ4v) is 3.37. The summed E-state index contributed by atoms with van der Waals surface area (Å²) in [6.45, 7) is 4.42. The number of ether oxygens (including phenoxy) is 1. The first-order valence-corrected chi connectivity index (χ1v) is 8.66. The number of hydrogen-bond donors (Lipinski definition) is 0. The van der Waals surface area contributed by atoms with Crippen molar-refractivity contribution in [2.45, 2.75) is 13.8 Å². The van der Waals surface area contributed by atoms with E-state index in [-0.39, 0.29) is 5.56 Å². The molecule has 7 heteroatoms. The average Bonchev–Trinajstić information content (AvgIpc) is 3.27. The number of fused-ring (bicyclic) bond motifs is 1. The van der Waals surface area contributed by atoms with Gasteiger partial charge in [0.05, 0.1) is 6.61 Å². The van der Waals surface area contributed by atoms with Crippen LogP contribution in [0.3, 0.4) is 0 Å². The first kappa shape index (κ1) is 15.6. The molecule has 0 aliphatic carbocycles. The highest BCUT2D eigenvalue weighted by atomic mass is 32.1. The molecule has 3 aromatic heterocycles. The Kier molecular flexibility index (Phi) is 3.85. The third-order valence-corrected chi connectivity index (χ3v) is 4.60. The highest BCUT2D eigenvalue weighted by molar-refractivity contribution is 7.15. The molecule has 4 rings (SSSR count). The summed E-state index contributed by atoms with van der Waals surface area (Å²) in [6, 6.07) is 11.2. The number of benzene rings is 1. The molecule has 0 radical (unpaired) electrons. The molecule has 0 saturated heterocycles. The highest BCUT2D eigenvalue weighted by Gasteiger charge is 2.12. The number of aryl methyl sites for hydroxylation is 1. The van der Waals surface area contributed by atoms with Crippen molar-refractivity contribution in [1.29, 1.82) is 0 Å². The summed E-state index contributed by atoms with van der Waals surface area (Å²) in [7, 11) is 0. The van der Waals surface area contributed by atoms with Crippen LogP contribution in [0.1, 0.15) is 18.4 Å². The van der Waals surface area contributed by atoms with Gasteiger partial charge in [0.1, 0.15) is 21.8 Å². The molecule has 3 heterocycles. The Labute approximate surface area is 147 Å². The van der Waals surface area contributed by atoms with Crippen LogP contribution in [0.25, 0.3) is 22.4 Å². The minimum atomic E-state index is -0.196. The first-order chi connectivity index (χ1) is 12.1. The lowest BCUT2D eigenvalue weighted by Crippen LogP contribution is -2.23. The van der Waals surface area contributed by atoms with Crippen molar-refractivity contribution in [3.8, 4) is 17.1 Å². The summed E-state index contributed by atoms with van der Waals surface area (Å²) in [5, 5.41) is 4.34. The summed E-state index contributed by atoms with van der Waals surface area (Å²) in [5.74, 6) is 2.76. The lowest BCUT2D eigenvalue weighted by Gasteiger charge is -2.02. The molecular weight excluding hydrogens is 338 g/mol. The zero-order valence-electron chi connectivity index (χ0n) is 13.7. The molecule has 0 spiro atoms. The van der Waals surface area contributed by atoms with Crippen molar-refractivity contribution in [1.82, 2.24) is 14.6 Å². The van der Waals surface area contributed by atoms with Gasteiger partial charge in [-0.25, -0.2) is 0 Å². The van der Waals surface area contributed by atoms with Gasteiger partial charge in [-0.1, -0.05) is 11.3 Å². The zero-order chi connectivity index (χ0) is 17.4. The van der Waals surface area contributed by atoms with Crippen LogP contribution < -0.4 is 14.8 Å². The predicted octanol–water partition coefficient (Wildman–Crippen LogP) is 2.67. The highest BCUT2D eigenvalue weighted by Crippen LogP contribution is 2.20. The van der Waals surface area contributed by atoms with Gasteiger partial charge in [-0.2, -0.15) is 9.50 Å². The van der Waals surface area contributed by atoms with E-state index >= 15 is 0 Å². The van der Waals surface area contributed by atoms with Gasteiger partial charge in [0.15, 0.2) is 5.82 Å². The van der Waals surface area contributed by atoms with E-state index in [1.807, 2.05) is 50.2 Å². The smallest absolute Gasteiger partial charge is 0.291 e. The lowest BCUT2D eigenvalue weighted by molar-refractivity contribution is 0.340. The number of aromatic nitrogens is 3. The van der Waals surface area contributed by atoms with E-state index in [1.165, 1.54) is 15.9 Å². The molecule has 0 aliphatic rings. The Morgan fingerprint density at radius 3 is 2.68 bits per heavy atom. The number of furan rings is 1. The topological polar surface area (TPSA) is 69.6 Å². The second-order valence-electron chi connectivity index (χ2n) is 5.45. The van der Waals surface area contributed by atoms with Gasteiger partial charge in [0, 0.05) is 11.6 Å². The van der Waals surface area contributed by atoms with E-state index in [9.17, 15) is 4.79 Å². The maximum atomic E-state index is 12.5. The zero-order valence-corrected chi connectivity index (χ0v) is 14.5. The molecule has 0 fully saturated rings. The molecule has 126 valence electrons. The minimum absolute atomic E-state index is 0.196. The molecule has 4 aromatic rings. The van der Waals surface area contributed by atoms with Gasteiger partial charge >= 0.3 is 0 Å². The molecule has 0 N–H and O–H groups in total. The van der Waals surface area contributed by atoms with Crippen LogP contribution in [0.15, 0.2) is 45.6 Å². The Morgan fingerprint density at radius 2 is 2.04 bits per heavy atom. The number of rotatable bonds is 4. The third-order valence-electron chi connectivity index (χ3n) is 3.64. The molecule has 0 amide bonds. The second kappa shape index (κ2) is 6.18. The molecule has 1 aromatic carbocycles. The van der Waals surface area contributed by atoms with E-state index in [4.69, 9.17) is 9.15 Å². The number of nitrogens with zero attached hydrogens (tertiary/aromatic N) is 3. The van der Waals surface area contributed by atoms with Crippen molar-refractivity contribution in [3.05, 3.63) is 62.8 Å². The van der Waals surface area contributed by atoms with Gasteiger partial charge in [0.25, 0.3) is 5.56 Å². The van der Waals surface area contributed by atoms with Crippen molar-refractivity contribution in [3.63, 3.8) is 0 Å². The van der Waals surface area contributed by atoms with E-state index in [0.29, 0.717) is 27.7 Å². The van der Waals surface area contributed by atoms with Crippen LogP contribution in [-0.2, 0) is 0 Å². The van der Waals surface area contributed by atoms with Crippen LogP contribution in [0.4, 0.5) is 0 Å². The SMILES string of the molecule is CCOc1ccc(-c2nc3s/c(=C/c4ccc(C)o4)c(=O)n3n2)cc1. The van der Waals surface area contributed by atoms with Gasteiger partial charge in [0.2, 0.25) is 4.96 Å². The number of hydrogen-bond acceptors (Lipinski definition) is 6. The van der Waals surface area contributed by atoms with E-state index < -0.39 is 0 Å². The van der Waals surface area contributed by atoms with Crippen LogP contribution in [0, 0.1) is 6.92 Å². The molecule has 0 bridgehead atoms. The fourth-order valence-electron chi connectivity index (χ4n) is 2.48. The van der Waals surface area contributed by atoms with Crippen molar-refractivity contribution < 1.29 is 9.15 Å². The van der Waals surface area contributed by atoms with Crippen LogP contribution >= 0.6 is 11.3 Å². The minimum Gasteiger partial charge on any atom is -0.494 e. The Balaban J connectivity index is 1.72. The summed E-state index contributed by atoms with van der Waals surface area (Å²) in [4.78, 5) is 17.5. The van der Waals surface area contributed by atoms with Crippen molar-refractivity contribution in [2.24, 2.45) is 0 Å². The standard InChI is InChI=1S/C18H15N3O3S/c1-3-23-13-8-5-12(6-9-13)16-19-18-21(20-16)17(22)15(25-18)10-14-7-4-11(2)24-14/h4-10H,3H2,1-2H3/b15-10+. The van der Waals surface area contributed by atoms with Crippen LogP contribution in [0.2, 0.25) is 0 Å². The molecule has 0 atom stereocenters. The van der Waals surface area contributed by atoms with Crippen LogP contribution in [-0.4, -0.2) is 21.2 Å². The Morgan fingerprint density at radius 1 is 1.24 bits per heavy atom. The molecule has 0 saturated carbocycles. The maximum absolute atomic E-state index is 12.5. The van der Waals surface area contributed by atoms with Crippen molar-refractivity contribution >= 4 is 22.4 Å². The summed E-state index contributed by atoms with van der Waals surface area (Å²) in [5.41, 5.74) is 0.643.